The summed E-state index contributed by atoms with van der Waals surface area (Å²) in [5, 5.41) is 19.7. The minimum Gasteiger partial charge on any atom is -0.507 e. The van der Waals surface area contributed by atoms with Crippen molar-refractivity contribution >= 4 is 17.9 Å². The molecule has 1 saturated heterocycles. The minimum absolute atomic E-state index is 0.0829. The summed E-state index contributed by atoms with van der Waals surface area (Å²) in [5.74, 6) is 1.87. The van der Waals surface area contributed by atoms with E-state index >= 15 is 0 Å². The number of nitrogens with one attached hydrogen (secondary N) is 3. The number of hydrogen-bond acceptors (Lipinski definition) is 6. The molecule has 0 bridgehead atoms. The number of fused-ring (bicyclic) bond motifs is 1. The Morgan fingerprint density at radius 1 is 1.32 bits per heavy atom. The quantitative estimate of drug-likeness (QED) is 0.516. The van der Waals surface area contributed by atoms with E-state index in [0.717, 1.165) is 49.9 Å². The van der Waals surface area contributed by atoms with Crippen LogP contribution < -0.4 is 20.7 Å². The zero-order valence-corrected chi connectivity index (χ0v) is 19.4. The average Bonchev–Trinajstić information content (AvgIpc) is 3.67. The first-order chi connectivity index (χ1) is 16.5. The Labute approximate surface area is 198 Å². The normalized spacial score (nSPS) is 19.9. The van der Waals surface area contributed by atoms with Crippen LogP contribution in [-0.4, -0.2) is 53.3 Å². The number of aromatic hydroxyl groups is 1. The van der Waals surface area contributed by atoms with Gasteiger partial charge < -0.3 is 20.5 Å². The number of urea groups is 2. The van der Waals surface area contributed by atoms with Crippen LogP contribution in [0.15, 0.2) is 24.3 Å². The maximum atomic E-state index is 12.8. The zero-order valence-electron chi connectivity index (χ0n) is 19.4. The summed E-state index contributed by atoms with van der Waals surface area (Å²) in [6.07, 6.45) is 4.36. The van der Waals surface area contributed by atoms with Crippen molar-refractivity contribution in [1.82, 2.24) is 20.5 Å². The third-order valence-electron chi connectivity index (χ3n) is 6.69. The Morgan fingerprint density at radius 2 is 2.18 bits per heavy atom. The molecule has 4 amide bonds. The summed E-state index contributed by atoms with van der Waals surface area (Å²) in [4.78, 5) is 31.2. The van der Waals surface area contributed by atoms with Crippen LogP contribution in [0.3, 0.4) is 0 Å². The largest absolute Gasteiger partial charge is 0.507 e. The Morgan fingerprint density at radius 3 is 2.91 bits per heavy atom. The number of hydrogen-bond donors (Lipinski definition) is 4. The fourth-order valence-electron chi connectivity index (χ4n) is 4.67. The third kappa shape index (κ3) is 4.52. The number of phenolic OH excluding ortho intramolecular Hbond substituents is 1. The highest BCUT2D eigenvalue weighted by Gasteiger charge is 2.33. The monoisotopic (exact) mass is 465 g/mol. The molecular weight excluding hydrogens is 434 g/mol. The van der Waals surface area contributed by atoms with Gasteiger partial charge in [-0.25, -0.2) is 19.5 Å². The summed E-state index contributed by atoms with van der Waals surface area (Å²) >= 11 is 0. The topological polar surface area (TPSA) is 116 Å². The van der Waals surface area contributed by atoms with E-state index in [4.69, 9.17) is 9.72 Å². The number of ether oxygens (including phenoxy) is 1. The van der Waals surface area contributed by atoms with Gasteiger partial charge in [-0.1, -0.05) is 6.07 Å². The molecule has 5 rings (SSSR count). The van der Waals surface area contributed by atoms with Gasteiger partial charge in [0.1, 0.15) is 17.3 Å². The number of imide groups is 1. The van der Waals surface area contributed by atoms with Crippen molar-refractivity contribution in [3.8, 4) is 22.8 Å². The van der Waals surface area contributed by atoms with E-state index in [1.54, 1.807) is 12.1 Å². The molecule has 2 fully saturated rings. The zero-order chi connectivity index (χ0) is 23.7. The maximum absolute atomic E-state index is 12.8. The smallest absolute Gasteiger partial charge is 0.331 e. The number of anilines is 1. The first-order valence-corrected chi connectivity index (χ1v) is 12.1. The number of rotatable bonds is 6. The van der Waals surface area contributed by atoms with Crippen LogP contribution >= 0.6 is 0 Å². The van der Waals surface area contributed by atoms with E-state index < -0.39 is 12.1 Å². The van der Waals surface area contributed by atoms with Crippen LogP contribution in [0.4, 0.5) is 15.4 Å². The molecule has 34 heavy (non-hydrogen) atoms. The molecule has 9 nitrogen and oxygen atoms in total. The Kier molecular flexibility index (Phi) is 6.28. The number of nitrogens with zero attached hydrogens (tertiary/aromatic N) is 2. The van der Waals surface area contributed by atoms with Gasteiger partial charge in [0, 0.05) is 18.7 Å². The molecule has 3 aliphatic rings. The van der Waals surface area contributed by atoms with E-state index in [2.05, 4.69) is 16.0 Å². The Bertz CT molecular complexity index is 1090. The van der Waals surface area contributed by atoms with E-state index in [0.29, 0.717) is 41.9 Å². The summed E-state index contributed by atoms with van der Waals surface area (Å²) in [6, 6.07) is 6.27. The second-order valence-corrected chi connectivity index (χ2v) is 9.22. The average molecular weight is 466 g/mol. The number of benzene rings is 1. The van der Waals surface area contributed by atoms with Gasteiger partial charge >= 0.3 is 12.1 Å². The van der Waals surface area contributed by atoms with Crippen molar-refractivity contribution in [1.29, 1.82) is 0 Å². The molecular formula is C25H31N5O4. The first kappa shape index (κ1) is 22.5. The van der Waals surface area contributed by atoms with Crippen molar-refractivity contribution in [2.24, 2.45) is 5.92 Å². The maximum Gasteiger partial charge on any atom is 0.331 e. The Balaban J connectivity index is 1.58. The van der Waals surface area contributed by atoms with Crippen molar-refractivity contribution < 1.29 is 19.4 Å². The number of carbonyl (C=O) groups is 2. The van der Waals surface area contributed by atoms with Crippen molar-refractivity contribution in [2.45, 2.75) is 45.1 Å². The molecule has 0 spiro atoms. The van der Waals surface area contributed by atoms with Gasteiger partial charge in [-0.05, 0) is 74.8 Å². The SMILES string of the molecule is CCNC(=O)N1Cc2c(C3CCCNC3)cc(-c3c(O)cccc3OCC3CC3)nc2NC1=O. The number of piperidine rings is 1. The lowest BCUT2D eigenvalue weighted by Crippen LogP contribution is -2.48. The van der Waals surface area contributed by atoms with E-state index in [9.17, 15) is 14.7 Å². The third-order valence-corrected chi connectivity index (χ3v) is 6.69. The highest BCUT2D eigenvalue weighted by Crippen LogP contribution is 2.42. The summed E-state index contributed by atoms with van der Waals surface area (Å²) in [5.41, 5.74) is 2.93. The number of carbonyl (C=O) groups excluding carboxylic acids is 2. The van der Waals surface area contributed by atoms with Crippen LogP contribution in [0.1, 0.15) is 49.7 Å². The summed E-state index contributed by atoms with van der Waals surface area (Å²) < 4.78 is 6.06. The van der Waals surface area contributed by atoms with E-state index in [1.165, 1.54) is 4.90 Å². The molecule has 2 aliphatic heterocycles. The molecule has 180 valence electrons. The van der Waals surface area contributed by atoms with Crippen LogP contribution in [-0.2, 0) is 6.54 Å². The summed E-state index contributed by atoms with van der Waals surface area (Å²) in [7, 11) is 0. The second-order valence-electron chi connectivity index (χ2n) is 9.22. The lowest BCUT2D eigenvalue weighted by atomic mass is 9.87. The predicted octanol–water partition coefficient (Wildman–Crippen LogP) is 3.79. The predicted molar refractivity (Wildman–Crippen MR) is 128 cm³/mol. The summed E-state index contributed by atoms with van der Waals surface area (Å²) in [6.45, 7) is 4.78. The van der Waals surface area contributed by atoms with Gasteiger partial charge in [-0.3, -0.25) is 5.32 Å². The molecule has 9 heteroatoms. The van der Waals surface area contributed by atoms with Gasteiger partial charge in [-0.15, -0.1) is 0 Å². The van der Waals surface area contributed by atoms with Crippen LogP contribution in [0.5, 0.6) is 11.5 Å². The van der Waals surface area contributed by atoms with Crippen LogP contribution in [0.25, 0.3) is 11.3 Å². The van der Waals surface area contributed by atoms with Gasteiger partial charge in [0.25, 0.3) is 0 Å². The van der Waals surface area contributed by atoms with E-state index in [1.807, 2.05) is 19.1 Å². The lowest BCUT2D eigenvalue weighted by molar-refractivity contribution is 0.190. The molecule has 1 aromatic carbocycles. The molecule has 1 aromatic heterocycles. The highest BCUT2D eigenvalue weighted by molar-refractivity contribution is 6.02. The van der Waals surface area contributed by atoms with Gasteiger partial charge in [0.05, 0.1) is 24.4 Å². The van der Waals surface area contributed by atoms with Crippen molar-refractivity contribution in [3.63, 3.8) is 0 Å². The highest BCUT2D eigenvalue weighted by atomic mass is 16.5. The van der Waals surface area contributed by atoms with E-state index in [-0.39, 0.29) is 18.2 Å². The molecule has 0 radical (unpaired) electrons. The van der Waals surface area contributed by atoms with Gasteiger partial charge in [0.2, 0.25) is 0 Å². The molecule has 1 unspecified atom stereocenters. The van der Waals surface area contributed by atoms with Crippen molar-refractivity contribution in [3.05, 3.63) is 35.4 Å². The van der Waals surface area contributed by atoms with Gasteiger partial charge in [0.15, 0.2) is 0 Å². The number of aromatic nitrogens is 1. The first-order valence-electron chi connectivity index (χ1n) is 12.1. The van der Waals surface area contributed by atoms with Gasteiger partial charge in [-0.2, -0.15) is 0 Å². The number of amides is 4. The van der Waals surface area contributed by atoms with Crippen LogP contribution in [0, 0.1) is 5.92 Å². The molecule has 2 aromatic rings. The fraction of sp³-hybridized carbons (Fsp3) is 0.480. The minimum atomic E-state index is -0.515. The Hall–Kier alpha value is -3.33. The standard InChI is InChI=1S/C25H31N5O4/c1-2-27-24(32)30-13-18-17(16-5-4-10-26-12-16)11-19(28-23(18)29-25(30)33)22-20(31)6-3-7-21(22)34-14-15-8-9-15/h3,6-7,11,15-16,26,31H,2,4-5,8-10,12-14H2,1H3,(H,27,32)(H,28,29,33). The van der Waals surface area contributed by atoms with Crippen molar-refractivity contribution in [2.75, 3.05) is 31.6 Å². The molecule has 1 saturated carbocycles. The molecule has 4 N–H and O–H groups in total. The second kappa shape index (κ2) is 9.50. The number of phenols is 1. The fourth-order valence-corrected chi connectivity index (χ4v) is 4.67. The lowest BCUT2D eigenvalue weighted by Gasteiger charge is -2.32. The van der Waals surface area contributed by atoms with Crippen LogP contribution in [0.2, 0.25) is 0 Å². The molecule has 1 atom stereocenters. The number of pyridine rings is 1. The molecule has 1 aliphatic carbocycles. The molecule has 3 heterocycles.